The van der Waals surface area contributed by atoms with E-state index in [1.165, 1.54) is 6.42 Å². The van der Waals surface area contributed by atoms with Crippen LogP contribution in [-0.2, 0) is 9.53 Å². The van der Waals surface area contributed by atoms with Crippen LogP contribution in [0.4, 0.5) is 0 Å². The van der Waals surface area contributed by atoms with Gasteiger partial charge in [-0.05, 0) is 43.9 Å². The SMILES string of the molecule is CCOC(=O)c1cccc(OCC(=O)N[C@@H]2CCCC[C@@H]2C)c1. The zero-order chi connectivity index (χ0) is 16.7. The third-order valence-electron chi connectivity index (χ3n) is 4.17. The summed E-state index contributed by atoms with van der Waals surface area (Å²) in [5.74, 6) is 0.492. The summed E-state index contributed by atoms with van der Waals surface area (Å²) in [5.41, 5.74) is 0.422. The van der Waals surface area contributed by atoms with Crippen molar-refractivity contribution in [2.45, 2.75) is 45.6 Å². The maximum Gasteiger partial charge on any atom is 0.338 e. The molecule has 0 radical (unpaired) electrons. The van der Waals surface area contributed by atoms with Crippen LogP contribution in [0.3, 0.4) is 0 Å². The Morgan fingerprint density at radius 1 is 1.26 bits per heavy atom. The second-order valence-corrected chi connectivity index (χ2v) is 5.97. The van der Waals surface area contributed by atoms with Gasteiger partial charge in [0.05, 0.1) is 12.2 Å². The molecule has 0 aliphatic heterocycles. The van der Waals surface area contributed by atoms with E-state index >= 15 is 0 Å². The Morgan fingerprint density at radius 2 is 2.04 bits per heavy atom. The molecule has 1 aromatic carbocycles. The largest absolute Gasteiger partial charge is 0.484 e. The summed E-state index contributed by atoms with van der Waals surface area (Å²) in [6.45, 7) is 4.21. The van der Waals surface area contributed by atoms with Crippen LogP contribution in [0, 0.1) is 5.92 Å². The summed E-state index contributed by atoms with van der Waals surface area (Å²) in [4.78, 5) is 23.7. The summed E-state index contributed by atoms with van der Waals surface area (Å²) in [6.07, 6.45) is 4.60. The first-order chi connectivity index (χ1) is 11.1. The van der Waals surface area contributed by atoms with Crippen molar-refractivity contribution < 1.29 is 19.1 Å². The van der Waals surface area contributed by atoms with E-state index < -0.39 is 5.97 Å². The van der Waals surface area contributed by atoms with E-state index in [9.17, 15) is 9.59 Å². The molecule has 0 aromatic heterocycles. The van der Waals surface area contributed by atoms with Crippen molar-refractivity contribution in [2.75, 3.05) is 13.2 Å². The van der Waals surface area contributed by atoms with Crippen LogP contribution in [0.5, 0.6) is 5.75 Å². The van der Waals surface area contributed by atoms with E-state index in [1.807, 2.05) is 0 Å². The van der Waals surface area contributed by atoms with Crippen LogP contribution < -0.4 is 10.1 Å². The molecule has 0 heterocycles. The zero-order valence-corrected chi connectivity index (χ0v) is 13.8. The Labute approximate surface area is 137 Å². The minimum atomic E-state index is -0.390. The average Bonchev–Trinajstić information content (AvgIpc) is 2.56. The summed E-state index contributed by atoms with van der Waals surface area (Å²) in [7, 11) is 0. The molecule has 23 heavy (non-hydrogen) atoms. The van der Waals surface area contributed by atoms with Gasteiger partial charge in [0.2, 0.25) is 0 Å². The molecule has 1 fully saturated rings. The number of benzene rings is 1. The molecule has 1 aliphatic carbocycles. The third-order valence-corrected chi connectivity index (χ3v) is 4.17. The first-order valence-corrected chi connectivity index (χ1v) is 8.29. The molecule has 0 unspecified atom stereocenters. The lowest BCUT2D eigenvalue weighted by atomic mass is 9.86. The van der Waals surface area contributed by atoms with Crippen LogP contribution in [0.1, 0.15) is 49.9 Å². The van der Waals surface area contributed by atoms with Crippen LogP contribution in [0.15, 0.2) is 24.3 Å². The fraction of sp³-hybridized carbons (Fsp3) is 0.556. The molecule has 126 valence electrons. The highest BCUT2D eigenvalue weighted by atomic mass is 16.5. The Morgan fingerprint density at radius 3 is 2.78 bits per heavy atom. The molecule has 5 nitrogen and oxygen atoms in total. The maximum atomic E-state index is 12.0. The number of ether oxygens (including phenoxy) is 2. The van der Waals surface area contributed by atoms with E-state index in [4.69, 9.17) is 9.47 Å². The highest BCUT2D eigenvalue weighted by Gasteiger charge is 2.22. The maximum absolute atomic E-state index is 12.0. The molecule has 0 bridgehead atoms. The van der Waals surface area contributed by atoms with Gasteiger partial charge in [-0.15, -0.1) is 0 Å². The number of hydrogen-bond acceptors (Lipinski definition) is 4. The number of amides is 1. The molecule has 1 amide bonds. The monoisotopic (exact) mass is 319 g/mol. The fourth-order valence-corrected chi connectivity index (χ4v) is 2.86. The summed E-state index contributed by atoms with van der Waals surface area (Å²) < 4.78 is 10.4. The lowest BCUT2D eigenvalue weighted by Crippen LogP contribution is -2.43. The number of rotatable bonds is 6. The highest BCUT2D eigenvalue weighted by Crippen LogP contribution is 2.23. The molecule has 2 atom stereocenters. The van der Waals surface area contributed by atoms with Crippen molar-refractivity contribution in [3.8, 4) is 5.75 Å². The summed E-state index contributed by atoms with van der Waals surface area (Å²) in [6, 6.07) is 6.93. The average molecular weight is 319 g/mol. The highest BCUT2D eigenvalue weighted by molar-refractivity contribution is 5.89. The predicted octanol–water partition coefficient (Wildman–Crippen LogP) is 2.94. The van der Waals surface area contributed by atoms with Gasteiger partial charge in [-0.2, -0.15) is 0 Å². The number of esters is 1. The molecule has 1 N–H and O–H groups in total. The van der Waals surface area contributed by atoms with Gasteiger partial charge >= 0.3 is 5.97 Å². The van der Waals surface area contributed by atoms with Gasteiger partial charge in [0.1, 0.15) is 5.75 Å². The number of carbonyl (C=O) groups excluding carboxylic acids is 2. The van der Waals surface area contributed by atoms with E-state index in [2.05, 4.69) is 12.2 Å². The molecular formula is C18H25NO4. The number of hydrogen-bond donors (Lipinski definition) is 1. The van der Waals surface area contributed by atoms with Crippen molar-refractivity contribution in [1.29, 1.82) is 0 Å². The Hall–Kier alpha value is -2.04. The number of carbonyl (C=O) groups is 2. The molecule has 1 aliphatic rings. The molecule has 0 saturated heterocycles. The standard InChI is InChI=1S/C18H25NO4/c1-3-22-18(21)14-8-6-9-15(11-14)23-12-17(20)19-16-10-5-4-7-13(16)2/h6,8-9,11,13,16H,3-5,7,10,12H2,1-2H3,(H,19,20)/t13-,16+/m0/s1. The molecule has 1 aromatic rings. The molecule has 1 saturated carbocycles. The van der Waals surface area contributed by atoms with Gasteiger partial charge in [0.25, 0.3) is 5.91 Å². The topological polar surface area (TPSA) is 64.6 Å². The van der Waals surface area contributed by atoms with Crippen molar-refractivity contribution in [3.05, 3.63) is 29.8 Å². The van der Waals surface area contributed by atoms with Crippen molar-refractivity contribution in [2.24, 2.45) is 5.92 Å². The Kier molecular flexibility index (Phi) is 6.44. The van der Waals surface area contributed by atoms with Gasteiger partial charge in [-0.3, -0.25) is 4.79 Å². The molecule has 2 rings (SSSR count). The molecule has 5 heteroatoms. The number of nitrogens with one attached hydrogen (secondary N) is 1. The van der Waals surface area contributed by atoms with Gasteiger partial charge in [-0.1, -0.05) is 25.8 Å². The first-order valence-electron chi connectivity index (χ1n) is 8.29. The van der Waals surface area contributed by atoms with Crippen molar-refractivity contribution in [1.82, 2.24) is 5.32 Å². The zero-order valence-electron chi connectivity index (χ0n) is 13.8. The van der Waals surface area contributed by atoms with E-state index in [1.54, 1.807) is 31.2 Å². The van der Waals surface area contributed by atoms with Gasteiger partial charge in [0.15, 0.2) is 6.61 Å². The Bertz CT molecular complexity index is 544. The molecular weight excluding hydrogens is 294 g/mol. The lowest BCUT2D eigenvalue weighted by molar-refractivity contribution is -0.124. The van der Waals surface area contributed by atoms with E-state index in [-0.39, 0.29) is 18.6 Å². The first kappa shape index (κ1) is 17.3. The van der Waals surface area contributed by atoms with Crippen LogP contribution in [0.2, 0.25) is 0 Å². The van der Waals surface area contributed by atoms with Crippen molar-refractivity contribution in [3.63, 3.8) is 0 Å². The second-order valence-electron chi connectivity index (χ2n) is 5.97. The Balaban J connectivity index is 1.84. The van der Waals surface area contributed by atoms with Crippen LogP contribution in [0.25, 0.3) is 0 Å². The quantitative estimate of drug-likeness (QED) is 0.819. The van der Waals surface area contributed by atoms with Gasteiger partial charge in [0, 0.05) is 6.04 Å². The lowest BCUT2D eigenvalue weighted by Gasteiger charge is -2.29. The predicted molar refractivity (Wildman–Crippen MR) is 87.5 cm³/mol. The fourth-order valence-electron chi connectivity index (χ4n) is 2.86. The van der Waals surface area contributed by atoms with Crippen LogP contribution in [-0.4, -0.2) is 31.1 Å². The van der Waals surface area contributed by atoms with Crippen LogP contribution >= 0.6 is 0 Å². The minimum Gasteiger partial charge on any atom is -0.484 e. The second kappa shape index (κ2) is 8.56. The smallest absolute Gasteiger partial charge is 0.338 e. The summed E-state index contributed by atoms with van der Waals surface area (Å²) in [5, 5.41) is 3.04. The van der Waals surface area contributed by atoms with E-state index in [0.717, 1.165) is 19.3 Å². The van der Waals surface area contributed by atoms with Gasteiger partial charge < -0.3 is 14.8 Å². The normalized spacial score (nSPS) is 20.6. The van der Waals surface area contributed by atoms with Gasteiger partial charge in [-0.25, -0.2) is 4.79 Å². The van der Waals surface area contributed by atoms with Crippen molar-refractivity contribution >= 4 is 11.9 Å². The minimum absolute atomic E-state index is 0.0461. The third kappa shape index (κ3) is 5.27. The summed E-state index contributed by atoms with van der Waals surface area (Å²) >= 11 is 0. The molecule has 0 spiro atoms. The van der Waals surface area contributed by atoms with E-state index in [0.29, 0.717) is 23.8 Å².